The predicted octanol–water partition coefficient (Wildman–Crippen LogP) is 3.73. The molecule has 0 aliphatic rings. The third kappa shape index (κ3) is 2.92. The van der Waals surface area contributed by atoms with E-state index in [0.717, 1.165) is 11.8 Å². The molecular formula is C14H16BrNO3. The number of ether oxygens (including phenoxy) is 1. The Hall–Kier alpha value is -1.49. The molecule has 1 heterocycles. The van der Waals surface area contributed by atoms with Crippen LogP contribution in [0.2, 0.25) is 0 Å². The van der Waals surface area contributed by atoms with Crippen molar-refractivity contribution in [2.75, 3.05) is 7.11 Å². The Morgan fingerprint density at radius 1 is 1.47 bits per heavy atom. The molecule has 5 heteroatoms. The number of carbonyl (C=O) groups is 1. The van der Waals surface area contributed by atoms with Gasteiger partial charge in [0.25, 0.3) is 5.91 Å². The lowest BCUT2D eigenvalue weighted by Gasteiger charge is -2.12. The van der Waals surface area contributed by atoms with Crippen LogP contribution in [0, 0.1) is 0 Å². The fraction of sp³-hybridized carbons (Fsp3) is 0.357. The molecule has 2 rings (SSSR count). The van der Waals surface area contributed by atoms with Crippen LogP contribution in [0.3, 0.4) is 0 Å². The predicted molar refractivity (Wildman–Crippen MR) is 77.7 cm³/mol. The largest absolute Gasteiger partial charge is 0.496 e. The van der Waals surface area contributed by atoms with Crippen LogP contribution in [0.25, 0.3) is 11.0 Å². The summed E-state index contributed by atoms with van der Waals surface area (Å²) in [4.78, 5) is 12.1. The monoisotopic (exact) mass is 325 g/mol. The highest BCUT2D eigenvalue weighted by atomic mass is 79.9. The van der Waals surface area contributed by atoms with Crippen molar-refractivity contribution >= 4 is 32.8 Å². The quantitative estimate of drug-likeness (QED) is 0.931. The summed E-state index contributed by atoms with van der Waals surface area (Å²) in [5.74, 6) is 0.503. The molecule has 1 aromatic heterocycles. The molecule has 1 aromatic carbocycles. The first-order valence-electron chi connectivity index (χ1n) is 6.13. The molecule has 102 valence electrons. The molecule has 1 amide bonds. The summed E-state index contributed by atoms with van der Waals surface area (Å²) in [6, 6.07) is 5.41. The van der Waals surface area contributed by atoms with Crippen molar-refractivity contribution in [2.24, 2.45) is 0 Å². The molecule has 0 bridgehead atoms. The maximum Gasteiger partial charge on any atom is 0.251 e. The number of rotatable bonds is 4. The number of carbonyl (C=O) groups excluding carboxylic acids is 1. The van der Waals surface area contributed by atoms with Crippen molar-refractivity contribution in [2.45, 2.75) is 26.3 Å². The molecule has 0 radical (unpaired) electrons. The van der Waals surface area contributed by atoms with E-state index in [1.54, 1.807) is 19.2 Å². The Balaban J connectivity index is 2.41. The third-order valence-corrected chi connectivity index (χ3v) is 3.43. The highest BCUT2D eigenvalue weighted by molar-refractivity contribution is 9.10. The van der Waals surface area contributed by atoms with Gasteiger partial charge in [0.2, 0.25) is 0 Å². The van der Waals surface area contributed by atoms with E-state index < -0.39 is 0 Å². The summed E-state index contributed by atoms with van der Waals surface area (Å²) in [5, 5.41) is 3.76. The summed E-state index contributed by atoms with van der Waals surface area (Å²) in [6.07, 6.45) is 0.886. The second-order valence-electron chi connectivity index (χ2n) is 4.42. The number of methoxy groups -OCH3 is 1. The van der Waals surface area contributed by atoms with Gasteiger partial charge in [0.05, 0.1) is 12.5 Å². The van der Waals surface area contributed by atoms with Crippen LogP contribution in [-0.2, 0) is 0 Å². The lowest BCUT2D eigenvalue weighted by Crippen LogP contribution is -2.31. The summed E-state index contributed by atoms with van der Waals surface area (Å²) in [5.41, 5.74) is 1.16. The van der Waals surface area contributed by atoms with E-state index in [1.807, 2.05) is 19.9 Å². The summed E-state index contributed by atoms with van der Waals surface area (Å²) < 4.78 is 11.4. The summed E-state index contributed by atoms with van der Waals surface area (Å²) in [6.45, 7) is 4.00. The SMILES string of the molecule is CCC(C)NC(=O)c1cc(OC)c2cc(Br)oc2c1. The fourth-order valence-corrected chi connectivity index (χ4v) is 2.19. The van der Waals surface area contributed by atoms with Crippen LogP contribution < -0.4 is 10.1 Å². The Bertz CT molecular complexity index is 606. The van der Waals surface area contributed by atoms with Crippen molar-refractivity contribution in [3.8, 4) is 5.75 Å². The lowest BCUT2D eigenvalue weighted by molar-refractivity contribution is 0.0939. The van der Waals surface area contributed by atoms with Gasteiger partial charge in [0, 0.05) is 17.7 Å². The molecule has 1 N–H and O–H groups in total. The average molecular weight is 326 g/mol. The number of nitrogens with one attached hydrogen (secondary N) is 1. The molecule has 1 unspecified atom stereocenters. The van der Waals surface area contributed by atoms with Gasteiger partial charge >= 0.3 is 0 Å². The van der Waals surface area contributed by atoms with E-state index in [2.05, 4.69) is 21.2 Å². The Morgan fingerprint density at radius 3 is 2.84 bits per heavy atom. The van der Waals surface area contributed by atoms with Crippen molar-refractivity contribution < 1.29 is 13.9 Å². The normalized spacial score (nSPS) is 12.4. The minimum Gasteiger partial charge on any atom is -0.496 e. The maximum atomic E-state index is 12.1. The fourth-order valence-electron chi connectivity index (χ4n) is 1.78. The van der Waals surface area contributed by atoms with Gasteiger partial charge in [-0.15, -0.1) is 0 Å². The first-order valence-corrected chi connectivity index (χ1v) is 6.92. The van der Waals surface area contributed by atoms with E-state index >= 15 is 0 Å². The molecular weight excluding hydrogens is 310 g/mol. The van der Waals surface area contributed by atoms with Crippen molar-refractivity contribution in [1.29, 1.82) is 0 Å². The van der Waals surface area contributed by atoms with Crippen LogP contribution in [0.15, 0.2) is 27.3 Å². The van der Waals surface area contributed by atoms with E-state index in [4.69, 9.17) is 9.15 Å². The zero-order valence-electron chi connectivity index (χ0n) is 11.1. The Kier molecular flexibility index (Phi) is 4.14. The first-order chi connectivity index (χ1) is 9.05. The highest BCUT2D eigenvalue weighted by Gasteiger charge is 2.15. The molecule has 0 saturated heterocycles. The van der Waals surface area contributed by atoms with Gasteiger partial charge in [-0.3, -0.25) is 4.79 Å². The van der Waals surface area contributed by atoms with E-state index in [-0.39, 0.29) is 11.9 Å². The van der Waals surface area contributed by atoms with Gasteiger partial charge in [-0.05, 0) is 41.4 Å². The molecule has 0 aliphatic carbocycles. The number of halogens is 1. The van der Waals surface area contributed by atoms with Gasteiger partial charge < -0.3 is 14.5 Å². The minimum atomic E-state index is -0.123. The van der Waals surface area contributed by atoms with Crippen LogP contribution in [0.4, 0.5) is 0 Å². The first kappa shape index (κ1) is 13.9. The minimum absolute atomic E-state index is 0.123. The second kappa shape index (κ2) is 5.65. The second-order valence-corrected chi connectivity index (χ2v) is 5.21. The zero-order chi connectivity index (χ0) is 14.0. The van der Waals surface area contributed by atoms with Gasteiger partial charge in [0.1, 0.15) is 11.3 Å². The molecule has 2 aromatic rings. The smallest absolute Gasteiger partial charge is 0.251 e. The van der Waals surface area contributed by atoms with Crippen LogP contribution in [0.5, 0.6) is 5.75 Å². The van der Waals surface area contributed by atoms with E-state index in [9.17, 15) is 4.79 Å². The Labute approximate surface area is 120 Å². The van der Waals surface area contributed by atoms with E-state index in [1.165, 1.54) is 0 Å². The maximum absolute atomic E-state index is 12.1. The number of furan rings is 1. The van der Waals surface area contributed by atoms with Crippen LogP contribution in [0.1, 0.15) is 30.6 Å². The summed E-state index contributed by atoms with van der Waals surface area (Å²) in [7, 11) is 1.58. The van der Waals surface area contributed by atoms with E-state index in [0.29, 0.717) is 21.6 Å². The summed E-state index contributed by atoms with van der Waals surface area (Å²) >= 11 is 3.28. The van der Waals surface area contributed by atoms with Crippen LogP contribution in [-0.4, -0.2) is 19.1 Å². The molecule has 0 spiro atoms. The van der Waals surface area contributed by atoms with Crippen molar-refractivity contribution in [3.63, 3.8) is 0 Å². The number of hydrogen-bond acceptors (Lipinski definition) is 3. The van der Waals surface area contributed by atoms with Gasteiger partial charge in [-0.25, -0.2) is 0 Å². The number of hydrogen-bond donors (Lipinski definition) is 1. The highest BCUT2D eigenvalue weighted by Crippen LogP contribution is 2.32. The topological polar surface area (TPSA) is 51.5 Å². The van der Waals surface area contributed by atoms with Crippen LogP contribution >= 0.6 is 15.9 Å². The molecule has 4 nitrogen and oxygen atoms in total. The number of benzene rings is 1. The Morgan fingerprint density at radius 2 is 2.21 bits per heavy atom. The molecule has 1 atom stereocenters. The molecule has 0 fully saturated rings. The number of fused-ring (bicyclic) bond motifs is 1. The average Bonchev–Trinajstić information content (AvgIpc) is 2.77. The van der Waals surface area contributed by atoms with Gasteiger partial charge in [-0.2, -0.15) is 0 Å². The van der Waals surface area contributed by atoms with Gasteiger partial charge in [-0.1, -0.05) is 6.92 Å². The molecule has 0 saturated carbocycles. The van der Waals surface area contributed by atoms with Crippen molar-refractivity contribution in [1.82, 2.24) is 5.32 Å². The number of amides is 1. The lowest BCUT2D eigenvalue weighted by atomic mass is 10.1. The standard InChI is InChI=1S/C14H16BrNO3/c1-4-8(2)16-14(17)9-5-11(18-3)10-7-13(15)19-12(10)6-9/h5-8H,4H2,1-3H3,(H,16,17). The molecule has 0 aliphatic heterocycles. The zero-order valence-corrected chi connectivity index (χ0v) is 12.7. The molecule has 19 heavy (non-hydrogen) atoms. The third-order valence-electron chi connectivity index (χ3n) is 3.04. The van der Waals surface area contributed by atoms with Crippen molar-refractivity contribution in [3.05, 3.63) is 28.4 Å². The van der Waals surface area contributed by atoms with Gasteiger partial charge in [0.15, 0.2) is 4.67 Å².